The Labute approximate surface area is 151 Å². The zero-order chi connectivity index (χ0) is 18.9. The van der Waals surface area contributed by atoms with Gasteiger partial charge >= 0.3 is 6.09 Å². The van der Waals surface area contributed by atoms with Crippen LogP contribution in [0.3, 0.4) is 0 Å². The number of benzene rings is 1. The number of alkyl carbamates (subject to hydrolysis) is 1. The first-order valence-electron chi connectivity index (χ1n) is 8.53. The molecule has 0 bridgehead atoms. The highest BCUT2D eigenvalue weighted by molar-refractivity contribution is 5.79. The van der Waals surface area contributed by atoms with Crippen LogP contribution in [0.2, 0.25) is 0 Å². The number of hydrogen-bond donors (Lipinski definition) is 2. The van der Waals surface area contributed by atoms with E-state index in [9.17, 15) is 9.18 Å². The molecule has 3 rings (SSSR count). The lowest BCUT2D eigenvalue weighted by Crippen LogP contribution is -2.54. The third kappa shape index (κ3) is 4.04. The number of aromatic amines is 1. The number of imidazole rings is 1. The molecule has 0 aliphatic carbocycles. The van der Waals surface area contributed by atoms with Crippen LogP contribution < -0.4 is 10.2 Å². The van der Waals surface area contributed by atoms with Gasteiger partial charge in [-0.1, -0.05) is 0 Å². The number of carbonyl (C=O) groups is 1. The molecular formula is C18H22FN5O2. The van der Waals surface area contributed by atoms with Crippen LogP contribution in [0.1, 0.15) is 32.8 Å². The molecule has 0 radical (unpaired) electrons. The zero-order valence-corrected chi connectivity index (χ0v) is 15.0. The molecule has 1 fully saturated rings. The van der Waals surface area contributed by atoms with Crippen LogP contribution in [0.15, 0.2) is 18.2 Å². The van der Waals surface area contributed by atoms with Gasteiger partial charge < -0.3 is 19.9 Å². The van der Waals surface area contributed by atoms with Gasteiger partial charge in [-0.05, 0) is 45.4 Å². The highest BCUT2D eigenvalue weighted by atomic mass is 19.1. The monoisotopic (exact) mass is 359 g/mol. The van der Waals surface area contributed by atoms with Gasteiger partial charge in [0.1, 0.15) is 11.8 Å². The lowest BCUT2D eigenvalue weighted by Gasteiger charge is -2.35. The molecule has 1 saturated heterocycles. The first-order chi connectivity index (χ1) is 12.2. The van der Waals surface area contributed by atoms with Gasteiger partial charge in [0.2, 0.25) is 5.95 Å². The first kappa shape index (κ1) is 18.0. The number of ether oxygens (including phenoxy) is 1. The van der Waals surface area contributed by atoms with Crippen LogP contribution in [0, 0.1) is 11.3 Å². The number of halogens is 1. The minimum Gasteiger partial charge on any atom is -0.444 e. The maximum absolute atomic E-state index is 14.3. The molecule has 1 aliphatic heterocycles. The van der Waals surface area contributed by atoms with E-state index >= 15 is 0 Å². The normalized spacial score (nSPS) is 20.7. The summed E-state index contributed by atoms with van der Waals surface area (Å²) in [6.07, 6.45) is -1.50. The maximum atomic E-state index is 14.3. The summed E-state index contributed by atoms with van der Waals surface area (Å²) in [5, 5.41) is 11.6. The summed E-state index contributed by atoms with van der Waals surface area (Å²) in [7, 11) is 0. The minimum atomic E-state index is -1.15. The van der Waals surface area contributed by atoms with Crippen molar-refractivity contribution in [1.82, 2.24) is 15.3 Å². The fourth-order valence-corrected chi connectivity index (χ4v) is 2.93. The number of aromatic nitrogens is 2. The molecular weight excluding hydrogens is 337 g/mol. The molecule has 1 aliphatic rings. The molecule has 2 heterocycles. The van der Waals surface area contributed by atoms with E-state index in [1.165, 1.54) is 0 Å². The topological polar surface area (TPSA) is 94.0 Å². The molecule has 0 saturated carbocycles. The number of piperidine rings is 1. The number of nitriles is 1. The van der Waals surface area contributed by atoms with E-state index < -0.39 is 23.9 Å². The van der Waals surface area contributed by atoms with Crippen molar-refractivity contribution < 1.29 is 13.9 Å². The van der Waals surface area contributed by atoms with E-state index in [2.05, 4.69) is 21.4 Å². The molecule has 1 aromatic carbocycles. The van der Waals surface area contributed by atoms with Gasteiger partial charge in [0.05, 0.1) is 28.7 Å². The molecule has 26 heavy (non-hydrogen) atoms. The van der Waals surface area contributed by atoms with Gasteiger partial charge in [-0.15, -0.1) is 0 Å². The number of rotatable bonds is 2. The molecule has 2 atom stereocenters. The van der Waals surface area contributed by atoms with Gasteiger partial charge in [-0.3, -0.25) is 0 Å². The Hall–Kier alpha value is -2.82. The summed E-state index contributed by atoms with van der Waals surface area (Å²) < 4.78 is 19.5. The number of nitrogens with zero attached hydrogens (tertiary/aromatic N) is 3. The summed E-state index contributed by atoms with van der Waals surface area (Å²) in [5.41, 5.74) is 1.39. The van der Waals surface area contributed by atoms with E-state index in [0.29, 0.717) is 18.1 Å². The zero-order valence-electron chi connectivity index (χ0n) is 15.0. The highest BCUT2D eigenvalue weighted by Crippen LogP contribution is 2.23. The quantitative estimate of drug-likeness (QED) is 0.860. The van der Waals surface area contributed by atoms with Crippen molar-refractivity contribution in [3.05, 3.63) is 23.8 Å². The average molecular weight is 359 g/mol. The maximum Gasteiger partial charge on any atom is 0.408 e. The average Bonchev–Trinajstić information content (AvgIpc) is 2.98. The molecule has 2 aromatic rings. The fraction of sp³-hybridized carbons (Fsp3) is 0.500. The lowest BCUT2D eigenvalue weighted by molar-refractivity contribution is 0.0465. The van der Waals surface area contributed by atoms with Crippen molar-refractivity contribution in [2.75, 3.05) is 18.0 Å². The summed E-state index contributed by atoms with van der Waals surface area (Å²) >= 11 is 0. The van der Waals surface area contributed by atoms with E-state index in [1.807, 2.05) is 4.90 Å². The fourth-order valence-electron chi connectivity index (χ4n) is 2.93. The Kier molecular flexibility index (Phi) is 4.72. The van der Waals surface area contributed by atoms with Crippen molar-refractivity contribution in [2.24, 2.45) is 0 Å². The van der Waals surface area contributed by atoms with Gasteiger partial charge in [-0.25, -0.2) is 14.2 Å². The number of fused-ring (bicyclic) bond motifs is 1. The van der Waals surface area contributed by atoms with Crippen LogP contribution in [-0.4, -0.2) is 47.0 Å². The first-order valence-corrected chi connectivity index (χ1v) is 8.53. The number of anilines is 1. The minimum absolute atomic E-state index is 0.279. The largest absolute Gasteiger partial charge is 0.444 e. The van der Waals surface area contributed by atoms with Gasteiger partial charge in [0, 0.05) is 13.1 Å². The second-order valence-corrected chi connectivity index (χ2v) is 7.41. The number of carbonyl (C=O) groups excluding carboxylic acids is 1. The van der Waals surface area contributed by atoms with E-state index in [1.54, 1.807) is 39.0 Å². The predicted molar refractivity (Wildman–Crippen MR) is 95.7 cm³/mol. The smallest absolute Gasteiger partial charge is 0.408 e. The van der Waals surface area contributed by atoms with Crippen LogP contribution in [0.5, 0.6) is 0 Å². The van der Waals surface area contributed by atoms with Gasteiger partial charge in [0.25, 0.3) is 0 Å². The Morgan fingerprint density at radius 2 is 2.27 bits per heavy atom. The standard InChI is InChI=1S/C18H22FN5O2/c1-18(2,3)26-17(25)23-15-10-24(7-6-12(15)19)16-21-13-5-4-11(9-20)8-14(13)22-16/h4-5,8,12,15H,6-7,10H2,1-3H3,(H,21,22)(H,23,25)/t12-,15-/m1/s1. The summed E-state index contributed by atoms with van der Waals surface area (Å²) in [5.74, 6) is 0.595. The van der Waals surface area contributed by atoms with Crippen LogP contribution in [-0.2, 0) is 4.74 Å². The summed E-state index contributed by atoms with van der Waals surface area (Å²) in [6, 6.07) is 6.61. The second-order valence-electron chi connectivity index (χ2n) is 7.41. The summed E-state index contributed by atoms with van der Waals surface area (Å²) in [6.45, 7) is 6.05. The van der Waals surface area contributed by atoms with Gasteiger partial charge in [-0.2, -0.15) is 5.26 Å². The molecule has 1 amide bonds. The molecule has 0 unspecified atom stereocenters. The number of alkyl halides is 1. The van der Waals surface area contributed by atoms with Gasteiger partial charge in [0.15, 0.2) is 0 Å². The number of H-pyrrole nitrogens is 1. The molecule has 2 N–H and O–H groups in total. The summed E-state index contributed by atoms with van der Waals surface area (Å²) in [4.78, 5) is 21.5. The van der Waals surface area contributed by atoms with E-state index in [-0.39, 0.29) is 13.0 Å². The number of nitrogens with one attached hydrogen (secondary N) is 2. The third-order valence-corrected chi connectivity index (χ3v) is 4.13. The van der Waals surface area contributed by atoms with E-state index in [0.717, 1.165) is 11.0 Å². The lowest BCUT2D eigenvalue weighted by atomic mass is 10.0. The predicted octanol–water partition coefficient (Wildman–Crippen LogP) is 2.88. The Balaban J connectivity index is 1.73. The van der Waals surface area contributed by atoms with Crippen LogP contribution in [0.25, 0.3) is 11.0 Å². The van der Waals surface area contributed by atoms with Crippen LogP contribution in [0.4, 0.5) is 15.1 Å². The van der Waals surface area contributed by atoms with Crippen LogP contribution >= 0.6 is 0 Å². The third-order valence-electron chi connectivity index (χ3n) is 4.13. The van der Waals surface area contributed by atoms with Crippen molar-refractivity contribution in [2.45, 2.75) is 45.0 Å². The second kappa shape index (κ2) is 6.83. The molecule has 0 spiro atoms. The van der Waals surface area contributed by atoms with Crippen molar-refractivity contribution >= 4 is 23.1 Å². The number of hydrogen-bond acceptors (Lipinski definition) is 5. The molecule has 8 heteroatoms. The molecule has 7 nitrogen and oxygen atoms in total. The van der Waals surface area contributed by atoms with E-state index in [4.69, 9.17) is 10.00 Å². The highest BCUT2D eigenvalue weighted by Gasteiger charge is 2.32. The number of amides is 1. The van der Waals surface area contributed by atoms with Crippen molar-refractivity contribution in [3.8, 4) is 6.07 Å². The molecule has 138 valence electrons. The Morgan fingerprint density at radius 3 is 2.96 bits per heavy atom. The van der Waals surface area contributed by atoms with Crippen molar-refractivity contribution in [1.29, 1.82) is 5.26 Å². The SMILES string of the molecule is CC(C)(C)OC(=O)N[C@@H]1CN(c2nc3ccc(C#N)cc3[nH]2)CC[C@H]1F. The Bertz CT molecular complexity index is 851. The molecule has 1 aromatic heterocycles. The van der Waals surface area contributed by atoms with Crippen molar-refractivity contribution in [3.63, 3.8) is 0 Å². The Morgan fingerprint density at radius 1 is 1.50 bits per heavy atom.